The Morgan fingerprint density at radius 3 is 2.42 bits per heavy atom. The molecule has 184 valence electrons. The molecule has 1 aromatic rings. The Morgan fingerprint density at radius 1 is 1.09 bits per heavy atom. The number of carboxylic acid groups (broad SMARTS) is 1. The van der Waals surface area contributed by atoms with Crippen LogP contribution in [0.5, 0.6) is 11.5 Å². The van der Waals surface area contributed by atoms with E-state index in [0.29, 0.717) is 18.4 Å². The summed E-state index contributed by atoms with van der Waals surface area (Å²) in [6, 6.07) is 4.49. The van der Waals surface area contributed by atoms with Crippen LogP contribution in [0, 0.1) is 23.7 Å². The quantitative estimate of drug-likeness (QED) is 0.519. The Hall–Kier alpha value is -2.28. The van der Waals surface area contributed by atoms with Crippen LogP contribution in [-0.4, -0.2) is 55.9 Å². The fraction of sp³-hybridized carbons (Fsp3) is 0.692. The molecule has 1 saturated heterocycles. The summed E-state index contributed by atoms with van der Waals surface area (Å²) in [5.74, 6) is 1.40. The predicted molar refractivity (Wildman–Crippen MR) is 126 cm³/mol. The van der Waals surface area contributed by atoms with Crippen LogP contribution in [0.1, 0.15) is 63.6 Å². The second-order valence-electron chi connectivity index (χ2n) is 10.1. The minimum absolute atomic E-state index is 0.0202. The number of esters is 1. The van der Waals surface area contributed by atoms with Gasteiger partial charge in [-0.15, -0.1) is 0 Å². The molecule has 4 unspecified atom stereocenters. The van der Waals surface area contributed by atoms with Gasteiger partial charge in [0.25, 0.3) is 0 Å². The topological polar surface area (TPSA) is 85.3 Å². The van der Waals surface area contributed by atoms with Crippen LogP contribution < -0.4 is 9.47 Å². The maximum Gasteiger partial charge on any atom is 0.306 e. The number of nitrogens with zero attached hydrogens (tertiary/aromatic N) is 1. The molecule has 0 aromatic heterocycles. The lowest BCUT2D eigenvalue weighted by molar-refractivity contribution is -0.148. The first-order valence-electron chi connectivity index (χ1n) is 12.1. The first kappa shape index (κ1) is 25.3. The zero-order chi connectivity index (χ0) is 24.1. The van der Waals surface area contributed by atoms with Gasteiger partial charge in [0.2, 0.25) is 0 Å². The lowest BCUT2D eigenvalue weighted by Crippen LogP contribution is -2.47. The van der Waals surface area contributed by atoms with Gasteiger partial charge in [-0.05, 0) is 66.2 Å². The molecule has 4 atom stereocenters. The second-order valence-corrected chi connectivity index (χ2v) is 10.1. The SMILES string of the molecule is COc1cc2c(cc1OC)C1CC(COC(=O)CC(C)CC(=O)O)C(CC(C)C)CN1CC2. The number of hydrogen-bond donors (Lipinski definition) is 1. The van der Waals surface area contributed by atoms with E-state index in [2.05, 4.69) is 30.9 Å². The average molecular weight is 462 g/mol. The molecular formula is C26H39NO6. The average Bonchev–Trinajstić information content (AvgIpc) is 2.75. The fourth-order valence-electron chi connectivity index (χ4n) is 5.49. The lowest BCUT2D eigenvalue weighted by atomic mass is 9.74. The summed E-state index contributed by atoms with van der Waals surface area (Å²) in [4.78, 5) is 25.9. The summed E-state index contributed by atoms with van der Waals surface area (Å²) in [6.07, 6.45) is 3.13. The molecule has 0 aliphatic carbocycles. The van der Waals surface area contributed by atoms with Crippen molar-refractivity contribution in [3.05, 3.63) is 23.3 Å². The Bertz CT molecular complexity index is 838. The first-order chi connectivity index (χ1) is 15.7. The number of methoxy groups -OCH3 is 2. The van der Waals surface area contributed by atoms with E-state index >= 15 is 0 Å². The molecule has 3 rings (SSSR count). The van der Waals surface area contributed by atoms with Crippen molar-refractivity contribution in [1.82, 2.24) is 4.90 Å². The van der Waals surface area contributed by atoms with E-state index in [-0.39, 0.29) is 36.7 Å². The highest BCUT2D eigenvalue weighted by molar-refractivity contribution is 5.72. The normalized spacial score (nSPS) is 23.4. The number of fused-ring (bicyclic) bond motifs is 3. The molecule has 1 N–H and O–H groups in total. The number of hydrogen-bond acceptors (Lipinski definition) is 6. The van der Waals surface area contributed by atoms with Gasteiger partial charge in [0, 0.05) is 32.0 Å². The zero-order valence-corrected chi connectivity index (χ0v) is 20.6. The Labute approximate surface area is 197 Å². The van der Waals surface area contributed by atoms with Crippen LogP contribution in [0.25, 0.3) is 0 Å². The van der Waals surface area contributed by atoms with E-state index in [1.807, 2.05) is 0 Å². The van der Waals surface area contributed by atoms with Crippen LogP contribution >= 0.6 is 0 Å². The second kappa shape index (κ2) is 11.2. The molecule has 0 bridgehead atoms. The summed E-state index contributed by atoms with van der Waals surface area (Å²) in [5.41, 5.74) is 2.59. The maximum atomic E-state index is 12.4. The number of ether oxygens (including phenoxy) is 3. The number of carbonyl (C=O) groups excluding carboxylic acids is 1. The van der Waals surface area contributed by atoms with E-state index in [0.717, 1.165) is 43.9 Å². The van der Waals surface area contributed by atoms with Gasteiger partial charge in [-0.3, -0.25) is 14.5 Å². The van der Waals surface area contributed by atoms with Crippen molar-refractivity contribution in [1.29, 1.82) is 0 Å². The van der Waals surface area contributed by atoms with Crippen LogP contribution in [0.4, 0.5) is 0 Å². The van der Waals surface area contributed by atoms with E-state index in [4.69, 9.17) is 19.3 Å². The molecule has 33 heavy (non-hydrogen) atoms. The largest absolute Gasteiger partial charge is 0.493 e. The summed E-state index contributed by atoms with van der Waals surface area (Å²) >= 11 is 0. The summed E-state index contributed by atoms with van der Waals surface area (Å²) < 4.78 is 16.8. The van der Waals surface area contributed by atoms with Crippen LogP contribution in [-0.2, 0) is 20.7 Å². The van der Waals surface area contributed by atoms with Gasteiger partial charge in [-0.25, -0.2) is 0 Å². The molecule has 2 aliphatic rings. The summed E-state index contributed by atoms with van der Waals surface area (Å²) in [7, 11) is 3.33. The smallest absolute Gasteiger partial charge is 0.306 e. The van der Waals surface area contributed by atoms with Gasteiger partial charge in [0.1, 0.15) is 0 Å². The minimum atomic E-state index is -0.886. The molecule has 0 amide bonds. The number of piperidine rings is 1. The molecule has 7 heteroatoms. The van der Waals surface area contributed by atoms with Gasteiger partial charge < -0.3 is 19.3 Å². The molecule has 0 saturated carbocycles. The van der Waals surface area contributed by atoms with Crippen molar-refractivity contribution in [2.24, 2.45) is 23.7 Å². The summed E-state index contributed by atoms with van der Waals surface area (Å²) in [6.45, 7) is 8.66. The van der Waals surface area contributed by atoms with Crippen LogP contribution in [0.2, 0.25) is 0 Å². The molecule has 7 nitrogen and oxygen atoms in total. The van der Waals surface area contributed by atoms with Crippen molar-refractivity contribution < 1.29 is 28.9 Å². The molecule has 2 heterocycles. The number of aliphatic carboxylic acids is 1. The van der Waals surface area contributed by atoms with Crippen molar-refractivity contribution >= 4 is 11.9 Å². The third-order valence-electron chi connectivity index (χ3n) is 7.05. The van der Waals surface area contributed by atoms with Crippen LogP contribution in [0.3, 0.4) is 0 Å². The number of carbonyl (C=O) groups is 2. The molecule has 2 aliphatic heterocycles. The Kier molecular flexibility index (Phi) is 8.63. The molecular weight excluding hydrogens is 422 g/mol. The highest BCUT2D eigenvalue weighted by Crippen LogP contribution is 2.45. The first-order valence-corrected chi connectivity index (χ1v) is 12.1. The third kappa shape index (κ3) is 6.40. The number of carboxylic acids is 1. The van der Waals surface area contributed by atoms with Gasteiger partial charge in [-0.2, -0.15) is 0 Å². The predicted octanol–water partition coefficient (Wildman–Crippen LogP) is 4.33. The lowest BCUT2D eigenvalue weighted by Gasteiger charge is -2.47. The van der Waals surface area contributed by atoms with Gasteiger partial charge in [0.05, 0.1) is 20.8 Å². The third-order valence-corrected chi connectivity index (χ3v) is 7.05. The van der Waals surface area contributed by atoms with Gasteiger partial charge in [0.15, 0.2) is 11.5 Å². The molecule has 1 fully saturated rings. The fourth-order valence-corrected chi connectivity index (χ4v) is 5.49. The minimum Gasteiger partial charge on any atom is -0.493 e. The summed E-state index contributed by atoms with van der Waals surface area (Å²) in [5, 5.41) is 8.94. The van der Waals surface area contributed by atoms with Crippen molar-refractivity contribution in [2.45, 2.75) is 58.9 Å². The van der Waals surface area contributed by atoms with E-state index in [1.54, 1.807) is 21.1 Å². The van der Waals surface area contributed by atoms with Crippen molar-refractivity contribution in [2.75, 3.05) is 33.9 Å². The highest BCUT2D eigenvalue weighted by Gasteiger charge is 2.40. The van der Waals surface area contributed by atoms with E-state index in [1.165, 1.54) is 11.1 Å². The Balaban J connectivity index is 1.74. The monoisotopic (exact) mass is 461 g/mol. The van der Waals surface area contributed by atoms with E-state index < -0.39 is 5.97 Å². The number of benzene rings is 1. The standard InChI is InChI=1S/C26H39NO6/c1-16(2)8-19-14-27-7-6-18-12-23(31-4)24(32-5)13-21(18)22(27)11-20(19)15-33-26(30)10-17(3)9-25(28)29/h12-13,16-17,19-20,22H,6-11,14-15H2,1-5H3,(H,28,29). The van der Waals surface area contributed by atoms with Crippen molar-refractivity contribution in [3.63, 3.8) is 0 Å². The zero-order valence-electron chi connectivity index (χ0n) is 20.6. The highest BCUT2D eigenvalue weighted by atomic mass is 16.5. The van der Waals surface area contributed by atoms with E-state index in [9.17, 15) is 9.59 Å². The van der Waals surface area contributed by atoms with Gasteiger partial charge in [-0.1, -0.05) is 20.8 Å². The molecule has 0 spiro atoms. The number of rotatable bonds is 10. The molecule has 1 aromatic carbocycles. The Morgan fingerprint density at radius 2 is 1.79 bits per heavy atom. The van der Waals surface area contributed by atoms with Gasteiger partial charge >= 0.3 is 11.9 Å². The maximum absolute atomic E-state index is 12.4. The molecule has 0 radical (unpaired) electrons. The van der Waals surface area contributed by atoms with Crippen LogP contribution in [0.15, 0.2) is 12.1 Å². The van der Waals surface area contributed by atoms with Crippen molar-refractivity contribution in [3.8, 4) is 11.5 Å².